The molecule has 0 unspecified atom stereocenters. The van der Waals surface area contributed by atoms with Crippen molar-refractivity contribution in [2.45, 2.75) is 0 Å². The molecule has 1 aliphatic rings. The number of ketones is 1. The van der Waals surface area contributed by atoms with Crippen LogP contribution in [0.5, 0.6) is 17.2 Å². The van der Waals surface area contributed by atoms with Gasteiger partial charge in [-0.3, -0.25) is 4.79 Å². The number of phenols is 3. The van der Waals surface area contributed by atoms with Crippen molar-refractivity contribution >= 4 is 113 Å². The predicted molar refractivity (Wildman–Crippen MR) is 155 cm³/mol. The van der Waals surface area contributed by atoms with E-state index < -0.39 is 11.8 Å². The van der Waals surface area contributed by atoms with Crippen molar-refractivity contribution in [3.8, 4) is 17.2 Å². The first-order chi connectivity index (χ1) is 16.9. The highest BCUT2D eigenvalue weighted by atomic mass is 79.9. The number of allylic oxidation sites excluding steroid dienone is 1. The van der Waals surface area contributed by atoms with Crippen LogP contribution >= 0.6 is 95.6 Å². The number of carbonyl (C=O) groups excluding carboxylic acids is 2. The molecule has 0 amide bonds. The van der Waals surface area contributed by atoms with Gasteiger partial charge in [-0.05, 0) is 143 Å². The van der Waals surface area contributed by atoms with Crippen molar-refractivity contribution < 1.29 is 29.6 Å². The van der Waals surface area contributed by atoms with Gasteiger partial charge in [0.2, 0.25) is 5.78 Å². The Labute approximate surface area is 254 Å². The van der Waals surface area contributed by atoms with Crippen LogP contribution in [0.15, 0.2) is 80.6 Å². The molecule has 0 atom stereocenters. The number of benzene rings is 3. The monoisotopic (exact) mass is 868 g/mol. The molecule has 0 aromatic heterocycles. The largest absolute Gasteiger partial charge is 0.506 e. The molecule has 0 radical (unpaired) electrons. The maximum atomic E-state index is 13.2. The van der Waals surface area contributed by atoms with E-state index >= 15 is 0 Å². The van der Waals surface area contributed by atoms with E-state index in [1.54, 1.807) is 24.3 Å². The summed E-state index contributed by atoms with van der Waals surface area (Å²) in [7, 11) is 0. The summed E-state index contributed by atoms with van der Waals surface area (Å²) in [5, 5.41) is 30.3. The first-order valence-corrected chi connectivity index (χ1v) is 14.4. The highest BCUT2D eigenvalue weighted by Gasteiger charge is 2.32. The number of halogens is 6. The fourth-order valence-corrected chi connectivity index (χ4v) is 6.94. The first-order valence-electron chi connectivity index (χ1n) is 9.66. The summed E-state index contributed by atoms with van der Waals surface area (Å²) >= 11 is 19.6. The van der Waals surface area contributed by atoms with E-state index in [2.05, 4.69) is 95.6 Å². The van der Waals surface area contributed by atoms with Crippen molar-refractivity contribution in [1.82, 2.24) is 0 Å². The van der Waals surface area contributed by atoms with Crippen LogP contribution < -0.4 is 0 Å². The fraction of sp³-hybridized carbons (Fsp3) is 0. The van der Waals surface area contributed by atoms with Crippen LogP contribution in [0, 0.1) is 0 Å². The minimum Gasteiger partial charge on any atom is -0.506 e. The van der Waals surface area contributed by atoms with Crippen molar-refractivity contribution in [2.75, 3.05) is 0 Å². The Morgan fingerprint density at radius 1 is 0.611 bits per heavy atom. The van der Waals surface area contributed by atoms with E-state index in [9.17, 15) is 24.9 Å². The molecule has 0 saturated carbocycles. The number of hydrogen-bond donors (Lipinski definition) is 3. The van der Waals surface area contributed by atoms with Crippen molar-refractivity contribution in [1.29, 1.82) is 0 Å². The summed E-state index contributed by atoms with van der Waals surface area (Å²) in [5.74, 6) is -1.47. The average molecular weight is 874 g/mol. The third-order valence-electron chi connectivity index (χ3n) is 5.08. The number of hydrogen-bond acceptors (Lipinski definition) is 6. The number of phenolic OH excluding ortho intramolecular Hbond substituents is 3. The van der Waals surface area contributed by atoms with Crippen molar-refractivity contribution in [3.63, 3.8) is 0 Å². The van der Waals surface area contributed by atoms with Crippen LogP contribution in [-0.2, 0) is 9.53 Å². The maximum Gasteiger partial charge on any atom is 0.347 e. The molecule has 6 nitrogen and oxygen atoms in total. The van der Waals surface area contributed by atoms with Gasteiger partial charge in [0.05, 0.1) is 26.8 Å². The third-order valence-corrected chi connectivity index (χ3v) is 8.71. The van der Waals surface area contributed by atoms with Gasteiger partial charge >= 0.3 is 5.97 Å². The fourth-order valence-electron chi connectivity index (χ4n) is 3.38. The first kappa shape index (κ1) is 27.6. The number of aromatic hydroxyl groups is 3. The van der Waals surface area contributed by atoms with Crippen molar-refractivity contribution in [3.05, 3.63) is 97.3 Å². The van der Waals surface area contributed by atoms with Gasteiger partial charge in [0.1, 0.15) is 28.6 Å². The Balaban J connectivity index is 1.95. The van der Waals surface area contributed by atoms with Crippen LogP contribution in [0.2, 0.25) is 0 Å². The molecule has 3 aromatic carbocycles. The number of rotatable bonds is 4. The van der Waals surface area contributed by atoms with Crippen LogP contribution in [0.1, 0.15) is 21.5 Å². The summed E-state index contributed by atoms with van der Waals surface area (Å²) in [6.45, 7) is 0. The second-order valence-corrected chi connectivity index (χ2v) is 12.5. The summed E-state index contributed by atoms with van der Waals surface area (Å²) in [6.07, 6.45) is 1.35. The highest BCUT2D eigenvalue weighted by Crippen LogP contribution is 2.43. The molecule has 4 rings (SSSR count). The zero-order chi connectivity index (χ0) is 26.5. The second-order valence-electron chi connectivity index (χ2n) is 7.38. The molecule has 0 saturated heterocycles. The summed E-state index contributed by atoms with van der Waals surface area (Å²) in [6, 6.07) is 9.34. The summed E-state index contributed by atoms with van der Waals surface area (Å²) in [5.41, 5.74) is 1.45. The van der Waals surface area contributed by atoms with E-state index in [0.717, 1.165) is 0 Å². The average Bonchev–Trinajstić information content (AvgIpc) is 3.19. The number of ether oxygens (including phenoxy) is 1. The maximum absolute atomic E-state index is 13.2. The van der Waals surface area contributed by atoms with E-state index in [4.69, 9.17) is 4.74 Å². The Hall–Kier alpha value is -1.44. The summed E-state index contributed by atoms with van der Waals surface area (Å²) in [4.78, 5) is 26.1. The molecule has 0 fully saturated rings. The third kappa shape index (κ3) is 5.25. The van der Waals surface area contributed by atoms with E-state index in [-0.39, 0.29) is 43.1 Å². The number of carbonyl (C=O) groups is 2. The van der Waals surface area contributed by atoms with Gasteiger partial charge in [-0.2, -0.15) is 0 Å². The van der Waals surface area contributed by atoms with Gasteiger partial charge in [0.15, 0.2) is 0 Å². The Kier molecular flexibility index (Phi) is 8.23. The van der Waals surface area contributed by atoms with E-state index in [1.165, 1.54) is 18.2 Å². The van der Waals surface area contributed by atoms with Gasteiger partial charge in [-0.25, -0.2) is 4.79 Å². The van der Waals surface area contributed by atoms with Crippen LogP contribution in [0.25, 0.3) is 5.57 Å². The van der Waals surface area contributed by atoms with Crippen molar-refractivity contribution in [2.24, 2.45) is 0 Å². The molecular weight excluding hydrogens is 864 g/mol. The normalized spacial score (nSPS) is 13.0. The quantitative estimate of drug-likeness (QED) is 0.138. The SMILES string of the molecule is O=C1OC(=C(c2cc(Br)c(O)c(Br)c2)c2cc(Br)c(O)c(Br)c2)C=C1C(=O)c1cc(Br)c(O)c(Br)c1. The molecule has 0 bridgehead atoms. The number of Topliss-reactive ketones (excluding diaryl/α,β-unsaturated/α-hetero) is 1. The lowest BCUT2D eigenvalue weighted by Gasteiger charge is -2.14. The van der Waals surface area contributed by atoms with Crippen LogP contribution in [0.4, 0.5) is 0 Å². The van der Waals surface area contributed by atoms with Gasteiger partial charge < -0.3 is 20.1 Å². The molecule has 1 heterocycles. The minimum absolute atomic E-state index is 0.0190. The number of esters is 1. The second kappa shape index (κ2) is 10.7. The topological polar surface area (TPSA) is 104 Å². The molecule has 0 spiro atoms. The van der Waals surface area contributed by atoms with Gasteiger partial charge in [0.25, 0.3) is 0 Å². The Morgan fingerprint density at radius 2 is 0.944 bits per heavy atom. The minimum atomic E-state index is -0.846. The van der Waals surface area contributed by atoms with Gasteiger partial charge in [-0.1, -0.05) is 0 Å². The lowest BCUT2D eigenvalue weighted by Crippen LogP contribution is -2.10. The molecular formula is C24H10Br6O6. The standard InChI is InChI=1S/C24H10Br6O6/c25-12-1-8(2-13(26)21(12)32)19(9-3-14(27)22(33)15(28)4-9)18-7-11(24(35)36-18)20(31)10-5-16(29)23(34)17(30)6-10/h1-7,32-34H. The molecule has 184 valence electrons. The molecule has 3 N–H and O–H groups in total. The molecule has 1 aliphatic heterocycles. The molecule has 0 aliphatic carbocycles. The number of cyclic esters (lactones) is 1. The molecule has 3 aromatic rings. The Morgan fingerprint density at radius 3 is 1.31 bits per heavy atom. The Bertz CT molecular complexity index is 1410. The van der Waals surface area contributed by atoms with E-state index in [1.807, 2.05) is 0 Å². The highest BCUT2D eigenvalue weighted by molar-refractivity contribution is 9.11. The predicted octanol–water partition coefficient (Wildman–Crippen LogP) is 8.50. The zero-order valence-electron chi connectivity index (χ0n) is 17.4. The van der Waals surface area contributed by atoms with E-state index in [0.29, 0.717) is 34.6 Å². The van der Waals surface area contributed by atoms with Gasteiger partial charge in [0, 0.05) is 17.2 Å². The van der Waals surface area contributed by atoms with Crippen LogP contribution in [0.3, 0.4) is 0 Å². The van der Waals surface area contributed by atoms with Crippen LogP contribution in [-0.4, -0.2) is 27.1 Å². The smallest absolute Gasteiger partial charge is 0.347 e. The molecule has 12 heteroatoms. The lowest BCUT2D eigenvalue weighted by atomic mass is 9.95. The summed E-state index contributed by atoms with van der Waals surface area (Å²) < 4.78 is 7.64. The lowest BCUT2D eigenvalue weighted by molar-refractivity contribution is -0.132. The van der Waals surface area contributed by atoms with Gasteiger partial charge in [-0.15, -0.1) is 0 Å². The molecule has 36 heavy (non-hydrogen) atoms. The zero-order valence-corrected chi connectivity index (χ0v) is 26.9.